The summed E-state index contributed by atoms with van der Waals surface area (Å²) in [5, 5.41) is 0. The highest BCUT2D eigenvalue weighted by molar-refractivity contribution is 7.91. The van der Waals surface area contributed by atoms with Crippen molar-refractivity contribution in [3.05, 3.63) is 0 Å². The van der Waals surface area contributed by atoms with Crippen molar-refractivity contribution in [1.29, 1.82) is 0 Å². The molecule has 1 heterocycles. The molecule has 124 valence electrons. The Morgan fingerprint density at radius 1 is 1.29 bits per heavy atom. The van der Waals surface area contributed by atoms with Crippen LogP contribution in [0.15, 0.2) is 0 Å². The van der Waals surface area contributed by atoms with Gasteiger partial charge in [0, 0.05) is 24.5 Å². The fourth-order valence-corrected chi connectivity index (χ4v) is 5.15. The van der Waals surface area contributed by atoms with E-state index in [0.29, 0.717) is 13.0 Å². The van der Waals surface area contributed by atoms with Gasteiger partial charge in [0.25, 0.3) is 0 Å². The Labute approximate surface area is 134 Å². The highest BCUT2D eigenvalue weighted by Gasteiger charge is 2.37. The second-order valence-corrected chi connectivity index (χ2v) is 8.44. The van der Waals surface area contributed by atoms with E-state index in [9.17, 15) is 13.2 Å². The van der Waals surface area contributed by atoms with E-state index in [4.69, 9.17) is 5.73 Å². The van der Waals surface area contributed by atoms with Crippen LogP contribution < -0.4 is 5.73 Å². The van der Waals surface area contributed by atoms with Gasteiger partial charge in [-0.15, -0.1) is 12.4 Å². The zero-order valence-corrected chi connectivity index (χ0v) is 14.3. The molecule has 0 spiro atoms. The van der Waals surface area contributed by atoms with Crippen LogP contribution in [0.5, 0.6) is 0 Å². The molecule has 21 heavy (non-hydrogen) atoms. The van der Waals surface area contributed by atoms with Gasteiger partial charge in [0.05, 0.1) is 11.5 Å². The molecule has 1 aliphatic carbocycles. The highest BCUT2D eigenvalue weighted by atomic mass is 35.5. The van der Waals surface area contributed by atoms with Gasteiger partial charge in [-0.2, -0.15) is 0 Å². The van der Waals surface area contributed by atoms with E-state index >= 15 is 0 Å². The molecule has 0 aromatic rings. The average Bonchev–Trinajstić information content (AvgIpc) is 2.75. The van der Waals surface area contributed by atoms with Crippen LogP contribution >= 0.6 is 12.4 Å². The van der Waals surface area contributed by atoms with Crippen molar-refractivity contribution >= 4 is 28.2 Å². The minimum absolute atomic E-state index is 0. The van der Waals surface area contributed by atoms with Crippen molar-refractivity contribution in [3.63, 3.8) is 0 Å². The first-order chi connectivity index (χ1) is 9.43. The molecule has 0 bridgehead atoms. The van der Waals surface area contributed by atoms with Crippen molar-refractivity contribution in [2.75, 3.05) is 18.1 Å². The van der Waals surface area contributed by atoms with Crippen molar-refractivity contribution in [1.82, 2.24) is 4.90 Å². The summed E-state index contributed by atoms with van der Waals surface area (Å²) >= 11 is 0. The standard InChI is InChI=1S/C14H26N2O3S.ClH/c1-2-7-16(13-6-8-20(18,19)10-13)14(17)11-4-3-5-12(15)9-11;/h11-13H,2-10,15H2,1H3;1H. The largest absolute Gasteiger partial charge is 0.338 e. The van der Waals surface area contributed by atoms with E-state index in [-0.39, 0.29) is 47.8 Å². The molecule has 1 saturated carbocycles. The molecule has 3 unspecified atom stereocenters. The molecule has 2 rings (SSSR count). The molecule has 0 aromatic heterocycles. The zero-order valence-electron chi connectivity index (χ0n) is 12.7. The fraction of sp³-hybridized carbons (Fsp3) is 0.929. The first kappa shape index (κ1) is 18.7. The molecular formula is C14H27ClN2O3S. The Kier molecular flexibility index (Phi) is 6.94. The fourth-order valence-electron chi connectivity index (χ4n) is 3.42. The molecule has 1 amide bonds. The quantitative estimate of drug-likeness (QED) is 0.839. The Bertz CT molecular complexity index is 455. The third kappa shape index (κ3) is 4.83. The number of nitrogens with two attached hydrogens (primary N) is 1. The minimum atomic E-state index is -2.95. The van der Waals surface area contributed by atoms with E-state index in [1.54, 1.807) is 0 Å². The van der Waals surface area contributed by atoms with Crippen LogP contribution in [0, 0.1) is 5.92 Å². The van der Waals surface area contributed by atoms with E-state index < -0.39 is 9.84 Å². The van der Waals surface area contributed by atoms with E-state index in [2.05, 4.69) is 0 Å². The number of carbonyl (C=O) groups is 1. The Morgan fingerprint density at radius 3 is 2.52 bits per heavy atom. The van der Waals surface area contributed by atoms with Crippen molar-refractivity contribution in [2.24, 2.45) is 11.7 Å². The van der Waals surface area contributed by atoms with Gasteiger partial charge in [-0.25, -0.2) is 8.42 Å². The van der Waals surface area contributed by atoms with Crippen LogP contribution in [0.4, 0.5) is 0 Å². The van der Waals surface area contributed by atoms with Crippen LogP contribution in [0.2, 0.25) is 0 Å². The molecular weight excluding hydrogens is 312 g/mol. The maximum absolute atomic E-state index is 12.7. The molecule has 5 nitrogen and oxygen atoms in total. The zero-order chi connectivity index (χ0) is 14.8. The molecule has 0 aromatic carbocycles. The SMILES string of the molecule is CCCN(C(=O)C1CCCC(N)C1)C1CCS(=O)(=O)C1.Cl. The predicted octanol–water partition coefficient (Wildman–Crippen LogP) is 1.35. The molecule has 1 saturated heterocycles. The second-order valence-electron chi connectivity index (χ2n) is 6.21. The van der Waals surface area contributed by atoms with Gasteiger partial charge in [0.2, 0.25) is 5.91 Å². The summed E-state index contributed by atoms with van der Waals surface area (Å²) in [6.45, 7) is 2.68. The minimum Gasteiger partial charge on any atom is -0.338 e. The lowest BCUT2D eigenvalue weighted by atomic mass is 9.85. The Hall–Kier alpha value is -0.330. The maximum atomic E-state index is 12.7. The lowest BCUT2D eigenvalue weighted by Gasteiger charge is -2.34. The van der Waals surface area contributed by atoms with Crippen LogP contribution in [-0.2, 0) is 14.6 Å². The van der Waals surface area contributed by atoms with Crippen molar-refractivity contribution in [3.8, 4) is 0 Å². The van der Waals surface area contributed by atoms with Gasteiger partial charge in [0.1, 0.15) is 0 Å². The summed E-state index contributed by atoms with van der Waals surface area (Å²) in [4.78, 5) is 14.5. The summed E-state index contributed by atoms with van der Waals surface area (Å²) in [5.74, 6) is 0.477. The van der Waals surface area contributed by atoms with Crippen LogP contribution in [0.1, 0.15) is 45.4 Å². The second kappa shape index (κ2) is 7.79. The monoisotopic (exact) mass is 338 g/mol. The summed E-state index contributed by atoms with van der Waals surface area (Å²) in [5.41, 5.74) is 5.97. The van der Waals surface area contributed by atoms with Gasteiger partial charge in [-0.1, -0.05) is 13.3 Å². The van der Waals surface area contributed by atoms with E-state index in [1.807, 2.05) is 11.8 Å². The van der Waals surface area contributed by atoms with E-state index in [1.165, 1.54) is 0 Å². The number of hydrogen-bond donors (Lipinski definition) is 1. The third-order valence-electron chi connectivity index (χ3n) is 4.46. The molecule has 7 heteroatoms. The number of rotatable bonds is 4. The number of sulfone groups is 1. The molecule has 2 aliphatic rings. The van der Waals surface area contributed by atoms with Crippen LogP contribution in [0.25, 0.3) is 0 Å². The summed E-state index contributed by atoms with van der Waals surface area (Å²) in [6.07, 6.45) is 5.09. The van der Waals surface area contributed by atoms with Gasteiger partial charge in [0.15, 0.2) is 9.84 Å². The number of hydrogen-bond acceptors (Lipinski definition) is 4. The van der Waals surface area contributed by atoms with Crippen molar-refractivity contribution in [2.45, 2.75) is 57.5 Å². The van der Waals surface area contributed by atoms with Crippen molar-refractivity contribution < 1.29 is 13.2 Å². The maximum Gasteiger partial charge on any atom is 0.226 e. The molecule has 2 fully saturated rings. The first-order valence-corrected chi connectivity index (χ1v) is 9.51. The lowest BCUT2D eigenvalue weighted by Crippen LogP contribution is -2.46. The van der Waals surface area contributed by atoms with Crippen LogP contribution in [-0.4, -0.2) is 49.4 Å². The molecule has 2 N–H and O–H groups in total. The number of amides is 1. The number of halogens is 1. The van der Waals surface area contributed by atoms with E-state index in [0.717, 1.165) is 32.1 Å². The van der Waals surface area contributed by atoms with Gasteiger partial charge >= 0.3 is 0 Å². The third-order valence-corrected chi connectivity index (χ3v) is 6.21. The summed E-state index contributed by atoms with van der Waals surface area (Å²) in [6, 6.07) is -0.000844. The number of nitrogens with zero attached hydrogens (tertiary/aromatic N) is 1. The predicted molar refractivity (Wildman–Crippen MR) is 86.2 cm³/mol. The highest BCUT2D eigenvalue weighted by Crippen LogP contribution is 2.27. The summed E-state index contributed by atoms with van der Waals surface area (Å²) in [7, 11) is -2.95. The van der Waals surface area contributed by atoms with Gasteiger partial charge in [-0.3, -0.25) is 4.79 Å². The smallest absolute Gasteiger partial charge is 0.226 e. The molecule has 3 atom stereocenters. The van der Waals surface area contributed by atoms with Gasteiger partial charge in [-0.05, 0) is 32.1 Å². The first-order valence-electron chi connectivity index (χ1n) is 7.69. The molecule has 0 radical (unpaired) electrons. The summed E-state index contributed by atoms with van der Waals surface area (Å²) < 4.78 is 23.3. The normalized spacial score (nSPS) is 31.4. The van der Waals surface area contributed by atoms with Crippen LogP contribution in [0.3, 0.4) is 0 Å². The Balaban J connectivity index is 0.00000220. The van der Waals surface area contributed by atoms with Gasteiger partial charge < -0.3 is 10.6 Å². The number of carbonyl (C=O) groups excluding carboxylic acids is 1. The average molecular weight is 339 g/mol. The Morgan fingerprint density at radius 2 is 2.00 bits per heavy atom. The molecule has 1 aliphatic heterocycles. The lowest BCUT2D eigenvalue weighted by molar-refractivity contribution is -0.138. The topological polar surface area (TPSA) is 80.5 Å².